The van der Waals surface area contributed by atoms with Crippen molar-refractivity contribution in [2.45, 2.75) is 26.3 Å². The predicted molar refractivity (Wildman–Crippen MR) is 114 cm³/mol. The number of aromatic nitrogens is 1. The highest BCUT2D eigenvalue weighted by Gasteiger charge is 2.25. The van der Waals surface area contributed by atoms with Crippen molar-refractivity contribution in [2.24, 2.45) is 5.73 Å². The van der Waals surface area contributed by atoms with Crippen LogP contribution in [0.2, 0.25) is 5.02 Å². The summed E-state index contributed by atoms with van der Waals surface area (Å²) in [4.78, 5) is 24.2. The number of ether oxygens (including phenoxy) is 1. The molecule has 0 spiro atoms. The van der Waals surface area contributed by atoms with Crippen molar-refractivity contribution >= 4 is 23.5 Å². The molecule has 0 aliphatic carbocycles. The molecule has 1 amide bonds. The van der Waals surface area contributed by atoms with Crippen molar-refractivity contribution < 1.29 is 14.3 Å². The summed E-state index contributed by atoms with van der Waals surface area (Å²) in [5.74, 6) is -0.802. The van der Waals surface area contributed by atoms with Gasteiger partial charge in [-0.15, -0.1) is 0 Å². The Hall–Kier alpha value is -3.05. The average molecular weight is 411 g/mol. The van der Waals surface area contributed by atoms with Crippen LogP contribution in [0.4, 0.5) is 0 Å². The SMILES string of the molecule is COC(=O)CCc1c(-c2ccccc2)c(C(N)=O)c(C)n1Cc1cccc(Cl)c1. The van der Waals surface area contributed by atoms with Crippen molar-refractivity contribution in [3.63, 3.8) is 0 Å². The summed E-state index contributed by atoms with van der Waals surface area (Å²) in [6.45, 7) is 2.38. The van der Waals surface area contributed by atoms with Gasteiger partial charge in [0.25, 0.3) is 5.91 Å². The maximum absolute atomic E-state index is 12.4. The summed E-state index contributed by atoms with van der Waals surface area (Å²) in [5.41, 5.74) is 10.5. The van der Waals surface area contributed by atoms with E-state index >= 15 is 0 Å². The number of halogens is 1. The maximum atomic E-state index is 12.4. The number of primary amides is 1. The Morgan fingerprint density at radius 2 is 1.83 bits per heavy atom. The van der Waals surface area contributed by atoms with Crippen molar-refractivity contribution in [2.75, 3.05) is 7.11 Å². The lowest BCUT2D eigenvalue weighted by Gasteiger charge is -2.13. The second-order valence-electron chi connectivity index (χ2n) is 6.80. The summed E-state index contributed by atoms with van der Waals surface area (Å²) in [6, 6.07) is 17.2. The van der Waals surface area contributed by atoms with Gasteiger partial charge in [0.1, 0.15) is 0 Å². The predicted octanol–water partition coefficient (Wildman–Crippen LogP) is 4.37. The number of esters is 1. The molecular weight excluding hydrogens is 388 g/mol. The van der Waals surface area contributed by atoms with Crippen LogP contribution >= 0.6 is 11.6 Å². The molecule has 150 valence electrons. The van der Waals surface area contributed by atoms with Gasteiger partial charge < -0.3 is 15.0 Å². The fourth-order valence-electron chi connectivity index (χ4n) is 3.63. The third-order valence-electron chi connectivity index (χ3n) is 4.96. The Kier molecular flexibility index (Phi) is 6.39. The number of benzene rings is 2. The molecule has 29 heavy (non-hydrogen) atoms. The zero-order valence-electron chi connectivity index (χ0n) is 16.4. The van der Waals surface area contributed by atoms with Gasteiger partial charge in [-0.2, -0.15) is 0 Å². The van der Waals surface area contributed by atoms with E-state index in [1.54, 1.807) is 0 Å². The average Bonchev–Trinajstić information content (AvgIpc) is 2.98. The standard InChI is InChI=1S/C23H23ClN2O3/c1-15-21(23(25)28)22(17-8-4-3-5-9-17)19(11-12-20(27)29-2)26(15)14-16-7-6-10-18(24)13-16/h3-10,13H,11-12,14H2,1-2H3,(H2,25,28). The Balaban J connectivity index is 2.19. The molecule has 0 unspecified atom stereocenters. The van der Waals surface area contributed by atoms with Gasteiger partial charge in [0.05, 0.1) is 19.1 Å². The van der Waals surface area contributed by atoms with Crippen LogP contribution in [0.25, 0.3) is 11.1 Å². The zero-order valence-corrected chi connectivity index (χ0v) is 17.2. The Morgan fingerprint density at radius 1 is 1.10 bits per heavy atom. The highest BCUT2D eigenvalue weighted by molar-refractivity contribution is 6.30. The molecule has 0 atom stereocenters. The van der Waals surface area contributed by atoms with Gasteiger partial charge in [0.15, 0.2) is 0 Å². The molecule has 3 rings (SSSR count). The largest absolute Gasteiger partial charge is 0.469 e. The first-order valence-electron chi connectivity index (χ1n) is 9.30. The number of carbonyl (C=O) groups excluding carboxylic acids is 2. The van der Waals surface area contributed by atoms with Crippen molar-refractivity contribution in [1.82, 2.24) is 4.57 Å². The second-order valence-corrected chi connectivity index (χ2v) is 7.24. The second kappa shape index (κ2) is 8.97. The molecule has 3 aromatic rings. The minimum absolute atomic E-state index is 0.202. The van der Waals surface area contributed by atoms with E-state index < -0.39 is 5.91 Å². The number of hydrogen-bond acceptors (Lipinski definition) is 3. The first kappa shape index (κ1) is 20.7. The van der Waals surface area contributed by atoms with Crippen LogP contribution in [0, 0.1) is 6.92 Å². The summed E-state index contributed by atoms with van der Waals surface area (Å²) >= 11 is 6.15. The summed E-state index contributed by atoms with van der Waals surface area (Å²) < 4.78 is 6.86. The Labute approximate surface area is 175 Å². The fraction of sp³-hybridized carbons (Fsp3) is 0.217. The molecule has 6 heteroatoms. The molecule has 5 nitrogen and oxygen atoms in total. The normalized spacial score (nSPS) is 10.7. The molecule has 0 radical (unpaired) electrons. The van der Waals surface area contributed by atoms with E-state index in [0.29, 0.717) is 23.6 Å². The molecule has 0 aliphatic rings. The Bertz CT molecular complexity index is 1040. The minimum atomic E-state index is -0.495. The number of methoxy groups -OCH3 is 1. The van der Waals surface area contributed by atoms with Crippen LogP contribution in [0.15, 0.2) is 54.6 Å². The van der Waals surface area contributed by atoms with E-state index in [4.69, 9.17) is 22.1 Å². The van der Waals surface area contributed by atoms with E-state index in [2.05, 4.69) is 0 Å². The number of amides is 1. The van der Waals surface area contributed by atoms with E-state index in [9.17, 15) is 9.59 Å². The van der Waals surface area contributed by atoms with Crippen molar-refractivity contribution in [1.29, 1.82) is 0 Å². The molecule has 1 heterocycles. The van der Waals surface area contributed by atoms with Crippen molar-refractivity contribution in [3.8, 4) is 11.1 Å². The van der Waals surface area contributed by atoms with Crippen molar-refractivity contribution in [3.05, 3.63) is 82.1 Å². The first-order valence-corrected chi connectivity index (χ1v) is 9.68. The number of nitrogens with zero attached hydrogens (tertiary/aromatic N) is 1. The molecule has 0 saturated heterocycles. The number of rotatable bonds is 7. The van der Waals surface area contributed by atoms with Gasteiger partial charge in [0.2, 0.25) is 0 Å². The van der Waals surface area contributed by atoms with Gasteiger partial charge in [-0.25, -0.2) is 0 Å². The quantitative estimate of drug-likeness (QED) is 0.587. The molecule has 2 aromatic carbocycles. The van der Waals surface area contributed by atoms with Gasteiger partial charge in [-0.1, -0.05) is 54.1 Å². The van der Waals surface area contributed by atoms with Gasteiger partial charge in [0, 0.05) is 28.5 Å². The lowest BCUT2D eigenvalue weighted by atomic mass is 9.98. The molecule has 2 N–H and O–H groups in total. The van der Waals surface area contributed by atoms with Crippen LogP contribution < -0.4 is 5.73 Å². The first-order chi connectivity index (χ1) is 13.9. The third-order valence-corrected chi connectivity index (χ3v) is 5.20. The molecule has 1 aromatic heterocycles. The number of hydrogen-bond donors (Lipinski definition) is 1. The highest BCUT2D eigenvalue weighted by atomic mass is 35.5. The smallest absolute Gasteiger partial charge is 0.305 e. The Morgan fingerprint density at radius 3 is 2.45 bits per heavy atom. The molecular formula is C23H23ClN2O3. The zero-order chi connectivity index (χ0) is 21.0. The summed E-state index contributed by atoms with van der Waals surface area (Å²) in [6.07, 6.45) is 0.624. The third kappa shape index (κ3) is 4.51. The number of carbonyl (C=O) groups is 2. The van der Waals surface area contributed by atoms with E-state index in [-0.39, 0.29) is 12.4 Å². The van der Waals surface area contributed by atoms with Gasteiger partial charge in [-0.3, -0.25) is 9.59 Å². The number of nitrogens with two attached hydrogens (primary N) is 1. The van der Waals surface area contributed by atoms with Crippen LogP contribution in [0.1, 0.15) is 33.7 Å². The van der Waals surface area contributed by atoms with E-state index in [1.165, 1.54) is 7.11 Å². The molecule has 0 fully saturated rings. The molecule has 0 bridgehead atoms. The van der Waals surface area contributed by atoms with Gasteiger partial charge in [-0.05, 0) is 36.6 Å². The van der Waals surface area contributed by atoms with Crippen LogP contribution in [-0.2, 0) is 22.5 Å². The van der Waals surface area contributed by atoms with Crippen LogP contribution in [0.5, 0.6) is 0 Å². The highest BCUT2D eigenvalue weighted by Crippen LogP contribution is 2.34. The summed E-state index contributed by atoms with van der Waals surface area (Å²) in [7, 11) is 1.37. The maximum Gasteiger partial charge on any atom is 0.305 e. The summed E-state index contributed by atoms with van der Waals surface area (Å²) in [5, 5.41) is 0.641. The monoisotopic (exact) mass is 410 g/mol. The lowest BCUT2D eigenvalue weighted by molar-refractivity contribution is -0.140. The van der Waals surface area contributed by atoms with E-state index in [1.807, 2.05) is 66.1 Å². The topological polar surface area (TPSA) is 74.3 Å². The molecule has 0 aliphatic heterocycles. The van der Waals surface area contributed by atoms with Crippen LogP contribution in [0.3, 0.4) is 0 Å². The van der Waals surface area contributed by atoms with E-state index in [0.717, 1.165) is 28.1 Å². The lowest BCUT2D eigenvalue weighted by Crippen LogP contribution is -2.13. The minimum Gasteiger partial charge on any atom is -0.469 e. The molecule has 0 saturated carbocycles. The van der Waals surface area contributed by atoms with Gasteiger partial charge >= 0.3 is 5.97 Å². The fourth-order valence-corrected chi connectivity index (χ4v) is 3.84. The van der Waals surface area contributed by atoms with Crippen LogP contribution in [-0.4, -0.2) is 23.6 Å².